The van der Waals surface area contributed by atoms with Crippen LogP contribution in [0, 0.1) is 6.92 Å². The molecule has 7 nitrogen and oxygen atoms in total. The topological polar surface area (TPSA) is 90.7 Å². The van der Waals surface area contributed by atoms with Crippen molar-refractivity contribution in [2.45, 2.75) is 46.3 Å². The molecule has 0 saturated heterocycles. The third kappa shape index (κ3) is 4.25. The van der Waals surface area contributed by atoms with Gasteiger partial charge in [-0.3, -0.25) is 0 Å². The molecule has 0 aliphatic carbocycles. The van der Waals surface area contributed by atoms with E-state index in [1.165, 1.54) is 7.11 Å². The Labute approximate surface area is 117 Å². The Morgan fingerprint density at radius 2 is 1.95 bits per heavy atom. The molecule has 1 aromatic heterocycles. The monoisotopic (exact) mass is 284 g/mol. The maximum Gasteiger partial charge on any atom is 0.408 e. The number of alkyl carbamates (subject to hydrolysis) is 1. The summed E-state index contributed by atoms with van der Waals surface area (Å²) in [5.74, 6) is -0.361. The number of carbonyl (C=O) groups is 2. The zero-order valence-electron chi connectivity index (χ0n) is 12.6. The molecule has 0 aromatic carbocycles. The van der Waals surface area contributed by atoms with Crippen LogP contribution in [0.4, 0.5) is 4.79 Å². The van der Waals surface area contributed by atoms with Gasteiger partial charge in [0.05, 0.1) is 12.8 Å². The summed E-state index contributed by atoms with van der Waals surface area (Å²) in [6.45, 7) is 8.60. The van der Waals surface area contributed by atoms with Crippen molar-refractivity contribution in [1.29, 1.82) is 0 Å². The van der Waals surface area contributed by atoms with Gasteiger partial charge in [0.2, 0.25) is 11.7 Å². The molecule has 112 valence electrons. The van der Waals surface area contributed by atoms with Gasteiger partial charge >= 0.3 is 12.1 Å². The number of aryl methyl sites for hydroxylation is 1. The fraction of sp³-hybridized carbons (Fsp3) is 0.615. The molecule has 0 fully saturated rings. The Morgan fingerprint density at radius 3 is 2.45 bits per heavy atom. The first-order valence-electron chi connectivity index (χ1n) is 6.19. The fourth-order valence-electron chi connectivity index (χ4n) is 1.43. The Bertz CT molecular complexity index is 501. The van der Waals surface area contributed by atoms with Crippen LogP contribution in [0.2, 0.25) is 0 Å². The number of rotatable bonds is 3. The number of aromatic nitrogens is 1. The van der Waals surface area contributed by atoms with Gasteiger partial charge < -0.3 is 19.2 Å². The molecule has 1 N–H and O–H groups in total. The average molecular weight is 284 g/mol. The summed E-state index contributed by atoms with van der Waals surface area (Å²) in [5.41, 5.74) is -0.183. The van der Waals surface area contributed by atoms with Crippen LogP contribution < -0.4 is 5.32 Å². The van der Waals surface area contributed by atoms with Crippen molar-refractivity contribution in [3.05, 3.63) is 17.3 Å². The first kappa shape index (κ1) is 16.0. The summed E-state index contributed by atoms with van der Waals surface area (Å²) < 4.78 is 15.0. The number of oxazole rings is 1. The summed E-state index contributed by atoms with van der Waals surface area (Å²) in [4.78, 5) is 27.1. The van der Waals surface area contributed by atoms with Crippen LogP contribution in [0.15, 0.2) is 4.42 Å². The van der Waals surface area contributed by atoms with Gasteiger partial charge in [-0.25, -0.2) is 14.6 Å². The van der Waals surface area contributed by atoms with Crippen LogP contribution in [0.5, 0.6) is 0 Å². The fourth-order valence-corrected chi connectivity index (χ4v) is 1.43. The number of hydrogen-bond acceptors (Lipinski definition) is 6. The number of esters is 1. The molecule has 0 bridgehead atoms. The summed E-state index contributed by atoms with van der Waals surface area (Å²) >= 11 is 0. The van der Waals surface area contributed by atoms with E-state index >= 15 is 0 Å². The van der Waals surface area contributed by atoms with Crippen molar-refractivity contribution >= 4 is 12.1 Å². The van der Waals surface area contributed by atoms with Crippen molar-refractivity contribution in [1.82, 2.24) is 10.3 Å². The molecule has 1 aromatic rings. The van der Waals surface area contributed by atoms with Gasteiger partial charge in [0, 0.05) is 0 Å². The quantitative estimate of drug-likeness (QED) is 0.857. The molecule has 0 aliphatic heterocycles. The van der Waals surface area contributed by atoms with E-state index in [4.69, 9.17) is 9.15 Å². The van der Waals surface area contributed by atoms with Crippen molar-refractivity contribution in [2.75, 3.05) is 7.11 Å². The number of hydrogen-bond donors (Lipinski definition) is 1. The minimum Gasteiger partial charge on any atom is -0.463 e. The number of methoxy groups -OCH3 is 1. The molecule has 0 spiro atoms. The smallest absolute Gasteiger partial charge is 0.408 e. The molecule has 0 aliphatic rings. The molecule has 0 unspecified atom stereocenters. The molecule has 0 radical (unpaired) electrons. The van der Waals surface area contributed by atoms with Gasteiger partial charge in [0.1, 0.15) is 11.6 Å². The average Bonchev–Trinajstić information content (AvgIpc) is 2.67. The van der Waals surface area contributed by atoms with Gasteiger partial charge in [-0.2, -0.15) is 0 Å². The van der Waals surface area contributed by atoms with E-state index in [2.05, 4.69) is 15.0 Å². The lowest BCUT2D eigenvalue weighted by molar-refractivity contribution is 0.0500. The number of amides is 1. The minimum absolute atomic E-state index is 0.0281. The summed E-state index contributed by atoms with van der Waals surface area (Å²) in [5, 5.41) is 2.58. The second-order valence-corrected chi connectivity index (χ2v) is 5.33. The van der Waals surface area contributed by atoms with Gasteiger partial charge in [-0.05, 0) is 34.6 Å². The van der Waals surface area contributed by atoms with E-state index in [1.54, 1.807) is 34.6 Å². The largest absolute Gasteiger partial charge is 0.463 e. The van der Waals surface area contributed by atoms with Gasteiger partial charge in [0.15, 0.2) is 0 Å². The Balaban J connectivity index is 2.76. The Morgan fingerprint density at radius 1 is 1.35 bits per heavy atom. The van der Waals surface area contributed by atoms with Gasteiger partial charge in [-0.1, -0.05) is 0 Å². The van der Waals surface area contributed by atoms with E-state index in [0.717, 1.165) is 0 Å². The van der Waals surface area contributed by atoms with Crippen molar-refractivity contribution in [3.8, 4) is 0 Å². The van der Waals surface area contributed by atoms with E-state index in [1.807, 2.05) is 0 Å². The standard InChI is InChI=1S/C13H20N2O5/c1-7-9(11(16)18-6)19-10(14-7)8(2)15-12(17)20-13(3,4)5/h8H,1-6H3,(H,15,17)/t8-/m1/s1. The molecule has 1 heterocycles. The highest BCUT2D eigenvalue weighted by atomic mass is 16.6. The van der Waals surface area contributed by atoms with Crippen LogP contribution in [-0.4, -0.2) is 29.8 Å². The summed E-state index contributed by atoms with van der Waals surface area (Å²) in [7, 11) is 1.26. The van der Waals surface area contributed by atoms with Crippen LogP contribution >= 0.6 is 0 Å². The predicted molar refractivity (Wildman–Crippen MR) is 70.4 cm³/mol. The molecular formula is C13H20N2O5. The third-order valence-corrected chi connectivity index (χ3v) is 2.29. The van der Waals surface area contributed by atoms with Crippen LogP contribution in [0.25, 0.3) is 0 Å². The second-order valence-electron chi connectivity index (χ2n) is 5.33. The van der Waals surface area contributed by atoms with E-state index in [9.17, 15) is 9.59 Å². The van der Waals surface area contributed by atoms with Crippen LogP contribution in [-0.2, 0) is 9.47 Å². The number of nitrogens with zero attached hydrogens (tertiary/aromatic N) is 1. The molecule has 1 atom stereocenters. The number of carbonyl (C=O) groups excluding carboxylic acids is 2. The van der Waals surface area contributed by atoms with Gasteiger partial charge in [-0.15, -0.1) is 0 Å². The molecule has 0 saturated carbocycles. The molecule has 20 heavy (non-hydrogen) atoms. The molecule has 7 heteroatoms. The Kier molecular flexibility index (Phi) is 4.75. The van der Waals surface area contributed by atoms with Crippen LogP contribution in [0.3, 0.4) is 0 Å². The molecule has 1 amide bonds. The number of ether oxygens (including phenoxy) is 2. The van der Waals surface area contributed by atoms with Crippen molar-refractivity contribution in [2.24, 2.45) is 0 Å². The lowest BCUT2D eigenvalue weighted by atomic mass is 10.2. The maximum atomic E-state index is 11.6. The zero-order valence-corrected chi connectivity index (χ0v) is 12.6. The van der Waals surface area contributed by atoms with E-state index in [0.29, 0.717) is 5.69 Å². The summed E-state index contributed by atoms with van der Waals surface area (Å²) in [6.07, 6.45) is -0.583. The first-order valence-corrected chi connectivity index (χ1v) is 6.19. The molecular weight excluding hydrogens is 264 g/mol. The highest BCUT2D eigenvalue weighted by molar-refractivity contribution is 5.87. The SMILES string of the molecule is COC(=O)c1oc([C@@H](C)NC(=O)OC(C)(C)C)nc1C. The normalized spacial score (nSPS) is 12.7. The highest BCUT2D eigenvalue weighted by Crippen LogP contribution is 2.18. The maximum absolute atomic E-state index is 11.6. The summed E-state index contributed by atoms with van der Waals surface area (Å²) in [6, 6.07) is -0.526. The Hall–Kier alpha value is -2.05. The lowest BCUT2D eigenvalue weighted by Gasteiger charge is -2.20. The first-order chi connectivity index (χ1) is 9.14. The molecule has 1 rings (SSSR count). The van der Waals surface area contributed by atoms with E-state index in [-0.39, 0.29) is 11.7 Å². The number of nitrogens with one attached hydrogen (secondary N) is 1. The zero-order chi connectivity index (χ0) is 15.5. The van der Waals surface area contributed by atoms with Gasteiger partial charge in [0.25, 0.3) is 0 Å². The minimum atomic E-state index is -0.606. The van der Waals surface area contributed by atoms with Crippen molar-refractivity contribution in [3.63, 3.8) is 0 Å². The van der Waals surface area contributed by atoms with Crippen molar-refractivity contribution < 1.29 is 23.5 Å². The highest BCUT2D eigenvalue weighted by Gasteiger charge is 2.24. The lowest BCUT2D eigenvalue weighted by Crippen LogP contribution is -2.34. The van der Waals surface area contributed by atoms with Crippen LogP contribution in [0.1, 0.15) is 55.9 Å². The predicted octanol–water partition coefficient (Wildman–Crippen LogP) is 2.36. The van der Waals surface area contributed by atoms with E-state index < -0.39 is 23.7 Å². The second kappa shape index (κ2) is 5.94. The third-order valence-electron chi connectivity index (χ3n) is 2.29.